The van der Waals surface area contributed by atoms with Gasteiger partial charge < -0.3 is 5.32 Å². The second-order valence-corrected chi connectivity index (χ2v) is 11.0. The molecule has 0 saturated heterocycles. The Balaban J connectivity index is 1.48. The number of nitrogens with one attached hydrogen (secondary N) is 1. The third-order valence-corrected chi connectivity index (χ3v) is 8.50. The summed E-state index contributed by atoms with van der Waals surface area (Å²) in [5.74, 6) is -0.396. The van der Waals surface area contributed by atoms with Crippen LogP contribution >= 0.6 is 11.8 Å². The first-order valence-corrected chi connectivity index (χ1v) is 13.1. The number of nitriles is 1. The lowest BCUT2D eigenvalue weighted by Gasteiger charge is -2.38. The summed E-state index contributed by atoms with van der Waals surface area (Å²) >= 11 is 1.20. The van der Waals surface area contributed by atoms with Gasteiger partial charge in [-0.15, -0.1) is 0 Å². The molecule has 0 aromatic carbocycles. The molecule has 1 aliphatic carbocycles. The minimum atomic E-state index is -0.396. The fourth-order valence-corrected chi connectivity index (χ4v) is 6.21. The van der Waals surface area contributed by atoms with Crippen molar-refractivity contribution in [3.8, 4) is 17.2 Å². The zero-order valence-electron chi connectivity index (χ0n) is 20.8. The molecule has 1 fully saturated rings. The van der Waals surface area contributed by atoms with E-state index in [2.05, 4.69) is 40.0 Å². The number of halogens is 1. The Morgan fingerprint density at radius 2 is 2.08 bits per heavy atom. The normalized spacial score (nSPS) is 20.0. The Morgan fingerprint density at radius 3 is 2.81 bits per heavy atom. The van der Waals surface area contributed by atoms with Crippen LogP contribution in [0.4, 0.5) is 4.39 Å². The minimum absolute atomic E-state index is 0.262. The van der Waals surface area contributed by atoms with Crippen molar-refractivity contribution in [3.63, 3.8) is 0 Å². The minimum Gasteiger partial charge on any atom is -0.320 e. The molecule has 4 aromatic heterocycles. The smallest absolute Gasteiger partial charge is 0.155 e. The largest absolute Gasteiger partial charge is 0.320 e. The Kier molecular flexibility index (Phi) is 6.82. The Hall–Kier alpha value is -3.22. The SMILES string of the molecule is CNCC[C@]1(C)CC[C@H](n2ncc(-c3cc(Sc4ncccc4F)c4c(C#N)cnn4c3)c2C)CC1. The van der Waals surface area contributed by atoms with Gasteiger partial charge in [0.2, 0.25) is 0 Å². The molecular weight excluding hydrogens is 473 g/mol. The molecule has 9 heteroatoms. The highest BCUT2D eigenvalue weighted by Crippen LogP contribution is 2.44. The number of nitrogens with zero attached hydrogens (tertiary/aromatic N) is 6. The molecule has 1 N–H and O–H groups in total. The maximum Gasteiger partial charge on any atom is 0.155 e. The van der Waals surface area contributed by atoms with Crippen molar-refractivity contribution in [1.29, 1.82) is 5.26 Å². The second kappa shape index (κ2) is 10.0. The molecule has 36 heavy (non-hydrogen) atoms. The summed E-state index contributed by atoms with van der Waals surface area (Å²) in [5.41, 5.74) is 4.52. The fourth-order valence-electron chi connectivity index (χ4n) is 5.24. The van der Waals surface area contributed by atoms with Crippen LogP contribution in [0.1, 0.15) is 56.3 Å². The fraction of sp³-hybridized carbons (Fsp3) is 0.407. The summed E-state index contributed by atoms with van der Waals surface area (Å²) in [6.07, 6.45) is 12.8. The van der Waals surface area contributed by atoms with E-state index in [0.717, 1.165) is 41.1 Å². The lowest BCUT2D eigenvalue weighted by Crippen LogP contribution is -2.29. The lowest BCUT2D eigenvalue weighted by atomic mass is 9.72. The van der Waals surface area contributed by atoms with Crippen LogP contribution in [0.15, 0.2) is 52.9 Å². The van der Waals surface area contributed by atoms with Crippen LogP contribution in [0.3, 0.4) is 0 Å². The van der Waals surface area contributed by atoms with Crippen LogP contribution in [-0.2, 0) is 0 Å². The highest BCUT2D eigenvalue weighted by Gasteiger charge is 2.32. The standard InChI is InChI=1S/C27H30FN7S/c1-18-22(16-33-35(18)21-6-8-27(2,9-7-21)10-12-30-3)19-13-24(36-26-23(28)5-4-11-31-26)25-20(14-29)15-32-34(25)17-19/h4-5,11,13,15-17,21,30H,6-10,12H2,1-3H3/t21-,27+. The van der Waals surface area contributed by atoms with Crippen molar-refractivity contribution in [1.82, 2.24) is 29.7 Å². The van der Waals surface area contributed by atoms with Gasteiger partial charge in [-0.25, -0.2) is 13.9 Å². The maximum absolute atomic E-state index is 14.4. The number of hydrogen-bond acceptors (Lipinski definition) is 6. The van der Waals surface area contributed by atoms with Gasteiger partial charge in [0.15, 0.2) is 5.82 Å². The first-order chi connectivity index (χ1) is 17.4. The van der Waals surface area contributed by atoms with E-state index in [0.29, 0.717) is 22.5 Å². The van der Waals surface area contributed by atoms with Crippen molar-refractivity contribution >= 4 is 17.3 Å². The monoisotopic (exact) mass is 503 g/mol. The zero-order valence-corrected chi connectivity index (χ0v) is 21.6. The molecule has 0 aliphatic heterocycles. The molecule has 0 bridgehead atoms. The van der Waals surface area contributed by atoms with Crippen molar-refractivity contribution in [2.75, 3.05) is 13.6 Å². The summed E-state index contributed by atoms with van der Waals surface area (Å²) in [6, 6.07) is 7.52. The van der Waals surface area contributed by atoms with E-state index in [-0.39, 0.29) is 5.03 Å². The molecule has 4 heterocycles. The molecular formula is C27H30FN7S. The first-order valence-electron chi connectivity index (χ1n) is 12.3. The topological polar surface area (TPSA) is 83.8 Å². The van der Waals surface area contributed by atoms with E-state index in [1.165, 1.54) is 37.1 Å². The number of aromatic nitrogens is 5. The van der Waals surface area contributed by atoms with E-state index in [9.17, 15) is 9.65 Å². The molecule has 7 nitrogen and oxygen atoms in total. The van der Waals surface area contributed by atoms with Crippen molar-refractivity contribution < 1.29 is 4.39 Å². The van der Waals surface area contributed by atoms with Gasteiger partial charge in [-0.1, -0.05) is 18.7 Å². The summed E-state index contributed by atoms with van der Waals surface area (Å²) in [5, 5.41) is 22.4. The van der Waals surface area contributed by atoms with Crippen molar-refractivity contribution in [2.24, 2.45) is 5.41 Å². The summed E-state index contributed by atoms with van der Waals surface area (Å²) in [4.78, 5) is 4.92. The Bertz CT molecular complexity index is 1430. The third kappa shape index (κ3) is 4.63. The van der Waals surface area contributed by atoms with Crippen LogP contribution in [0.5, 0.6) is 0 Å². The van der Waals surface area contributed by atoms with Crippen molar-refractivity contribution in [2.45, 2.75) is 61.9 Å². The molecule has 1 aliphatic rings. The van der Waals surface area contributed by atoms with Gasteiger partial charge >= 0.3 is 0 Å². The molecule has 0 spiro atoms. The number of fused-ring (bicyclic) bond motifs is 1. The average Bonchev–Trinajstić information content (AvgIpc) is 3.48. The van der Waals surface area contributed by atoms with Gasteiger partial charge in [0.1, 0.15) is 11.1 Å². The number of hydrogen-bond donors (Lipinski definition) is 1. The molecule has 1 saturated carbocycles. The van der Waals surface area contributed by atoms with Gasteiger partial charge in [0.25, 0.3) is 0 Å². The van der Waals surface area contributed by atoms with Gasteiger partial charge in [0.05, 0.1) is 29.5 Å². The summed E-state index contributed by atoms with van der Waals surface area (Å²) in [6.45, 7) is 5.56. The summed E-state index contributed by atoms with van der Waals surface area (Å²) in [7, 11) is 2.02. The van der Waals surface area contributed by atoms with Crippen molar-refractivity contribution in [3.05, 3.63) is 60.1 Å². The highest BCUT2D eigenvalue weighted by atomic mass is 32.2. The number of pyridine rings is 2. The molecule has 0 atom stereocenters. The van der Waals surface area contributed by atoms with E-state index >= 15 is 0 Å². The van der Waals surface area contributed by atoms with E-state index < -0.39 is 5.82 Å². The predicted molar refractivity (Wildman–Crippen MR) is 138 cm³/mol. The van der Waals surface area contributed by atoms with Crippen LogP contribution in [0.2, 0.25) is 0 Å². The maximum atomic E-state index is 14.4. The lowest BCUT2D eigenvalue weighted by molar-refractivity contribution is 0.153. The van der Waals surface area contributed by atoms with Gasteiger partial charge in [0, 0.05) is 34.1 Å². The van der Waals surface area contributed by atoms with Crippen LogP contribution < -0.4 is 5.32 Å². The third-order valence-electron chi connectivity index (χ3n) is 7.47. The molecule has 0 unspecified atom stereocenters. The van der Waals surface area contributed by atoms with Crippen LogP contribution in [0.25, 0.3) is 16.6 Å². The quantitative estimate of drug-likeness (QED) is 0.343. The zero-order chi connectivity index (χ0) is 25.3. The molecule has 4 aromatic rings. The van der Waals surface area contributed by atoms with Crippen LogP contribution in [-0.4, -0.2) is 38.0 Å². The second-order valence-electron chi connectivity index (χ2n) is 9.93. The molecule has 5 rings (SSSR count). The average molecular weight is 504 g/mol. The van der Waals surface area contributed by atoms with Gasteiger partial charge in [-0.05, 0) is 76.2 Å². The molecule has 0 amide bonds. The Labute approximate surface area is 214 Å². The highest BCUT2D eigenvalue weighted by molar-refractivity contribution is 7.99. The first kappa shape index (κ1) is 24.5. The molecule has 186 valence electrons. The van der Waals surface area contributed by atoms with E-state index in [1.807, 2.05) is 25.5 Å². The predicted octanol–water partition coefficient (Wildman–Crippen LogP) is 5.79. The van der Waals surface area contributed by atoms with E-state index in [4.69, 9.17) is 5.10 Å². The van der Waals surface area contributed by atoms with Gasteiger partial charge in [-0.2, -0.15) is 15.5 Å². The summed E-state index contributed by atoms with van der Waals surface area (Å²) < 4.78 is 18.3. The van der Waals surface area contributed by atoms with Gasteiger partial charge in [-0.3, -0.25) is 4.68 Å². The Morgan fingerprint density at radius 1 is 1.28 bits per heavy atom. The molecule has 0 radical (unpaired) electrons. The van der Waals surface area contributed by atoms with Crippen LogP contribution in [0, 0.1) is 29.5 Å². The number of rotatable bonds is 7. The van der Waals surface area contributed by atoms with E-state index in [1.54, 1.807) is 23.0 Å².